The number of amides is 14. The summed E-state index contributed by atoms with van der Waals surface area (Å²) in [5, 5.41) is 128. The summed E-state index contributed by atoms with van der Waals surface area (Å²) in [6.45, 7) is 3.30. The van der Waals surface area contributed by atoms with E-state index in [9.17, 15) is 127 Å². The number of hydrogen-bond donors (Lipinski definition) is 23. The molecule has 0 bridgehead atoms. The third kappa shape index (κ3) is 26.0. The maximum atomic E-state index is 14.6. The molecule has 1 fully saturated rings. The molecule has 9 rings (SSSR count). The molecule has 0 spiro atoms. The number of nitrogens with one attached hydrogen (secondary N) is 12. The normalized spacial score (nSPS) is 19.2. The number of carbonyl (C=O) groups is 17. The summed E-state index contributed by atoms with van der Waals surface area (Å²) in [6, 6.07) is 5.71. The van der Waals surface area contributed by atoms with Crippen molar-refractivity contribution in [1.29, 1.82) is 0 Å². The summed E-state index contributed by atoms with van der Waals surface area (Å²) in [7, 11) is 1.23. The summed E-state index contributed by atoms with van der Waals surface area (Å²) < 4.78 is 23.3. The lowest BCUT2D eigenvalue weighted by Gasteiger charge is -2.43. The highest BCUT2D eigenvalue weighted by atomic mass is 16.7. The van der Waals surface area contributed by atoms with Crippen molar-refractivity contribution < 1.29 is 146 Å². The number of unbranched alkanes of at least 4 members (excludes halogenated alkanes) is 1. The zero-order valence-corrected chi connectivity index (χ0v) is 73.7. The number of methoxy groups -OCH3 is 1. The first-order chi connectivity index (χ1) is 63.0. The molecule has 0 unspecified atom stereocenters. The maximum absolute atomic E-state index is 14.6. The molecule has 4 aliphatic rings. The maximum Gasteiger partial charge on any atom is 0.407 e. The Morgan fingerprint density at radius 2 is 1.05 bits per heavy atom. The molecular formula is C89H112N14O30. The molecule has 14 amide bonds. The predicted molar refractivity (Wildman–Crippen MR) is 464 cm³/mol. The molecule has 44 nitrogen and oxygen atoms in total. The van der Waals surface area contributed by atoms with Gasteiger partial charge in [-0.3, -0.25) is 76.7 Å². The number of nitrogens with two attached hydrogens (primary N) is 2. The number of primary amides is 2. The van der Waals surface area contributed by atoms with Crippen LogP contribution in [0.15, 0.2) is 91.0 Å². The van der Waals surface area contributed by atoms with Crippen molar-refractivity contribution in [2.24, 2.45) is 17.4 Å². The van der Waals surface area contributed by atoms with Crippen LogP contribution in [0.2, 0.25) is 0 Å². The number of phenols is 3. The van der Waals surface area contributed by atoms with E-state index in [-0.39, 0.29) is 78.5 Å². The molecule has 25 N–H and O–H groups in total. The standard InChI is InChI=1S/C89H112N14O30/c1-40(2)29-57(82(122)97-56-32-68(132-43(5)73(56)113)133-64-34-89(129,65(110)38-107)33-52-70(64)77(117)72-71(75(52)115)74(114)51-19-14-21-63(130-7)69(51)76(72)116)99-86(126)61(36-105)103-87(127)62(37-106)102-81(121)55(26-27-66(90)111)96-83(123)58(30-45-22-24-46(109)25-23-45)100-85(125)60(35-104)101-79(119)42(4)94-80(120)54(95-84(124)59(31-67(91)112)98-78(118)41(3)93-44(6)108)20-12-13-28-92-88(128)131-39-53-49-17-10-8-15-47(49)48-16-9-11-18-50(48)53/h8-11,14-19,21-25,40-43,53-62,64,68,73,104-107,109,113,115,117,129H,12-13,20,26-39H2,1-7H3,(H2,90,111)(H2,91,112)(H,92,128)(H,93,108)(H,94,120)(H,95,124)(H,96,123)(H,97,122)(H,98,118)(H,99,126)(H,100,125)(H,101,119)(H,102,121)(H,103,127)/t41-,42-,43-,54-,55-,56-,57-,58-,59-,60-,61-,62-,64-,68-,73+,89-/m0/s1. The van der Waals surface area contributed by atoms with Gasteiger partial charge < -0.3 is 140 Å². The van der Waals surface area contributed by atoms with E-state index in [0.717, 1.165) is 36.1 Å². The fourth-order valence-corrected chi connectivity index (χ4v) is 16.0. The van der Waals surface area contributed by atoms with E-state index >= 15 is 0 Å². The molecule has 44 heteroatoms. The van der Waals surface area contributed by atoms with Crippen molar-refractivity contribution in [3.8, 4) is 34.1 Å². The van der Waals surface area contributed by atoms with Gasteiger partial charge in [0.2, 0.25) is 82.6 Å². The van der Waals surface area contributed by atoms with Crippen molar-refractivity contribution in [3.05, 3.63) is 141 Å². The monoisotopic (exact) mass is 1860 g/mol. The Morgan fingerprint density at radius 1 is 0.549 bits per heavy atom. The second-order valence-corrected chi connectivity index (χ2v) is 33.2. The fraction of sp³-hybridized carbons (Fsp3) is 0.472. The minimum absolute atomic E-state index is 0.000664. The average molecular weight is 1860 g/mol. The molecule has 0 aromatic heterocycles. The van der Waals surface area contributed by atoms with E-state index in [1.54, 1.807) is 13.8 Å². The lowest BCUT2D eigenvalue weighted by molar-refractivity contribution is -0.249. The number of aliphatic hydroxyl groups is 6. The van der Waals surface area contributed by atoms with Crippen LogP contribution in [-0.4, -0.2) is 283 Å². The minimum atomic E-state index is -2.55. The van der Waals surface area contributed by atoms with Crippen LogP contribution < -0.4 is 80.0 Å². The van der Waals surface area contributed by atoms with Crippen molar-refractivity contribution in [2.75, 3.05) is 46.7 Å². The third-order valence-corrected chi connectivity index (χ3v) is 23.0. The molecule has 133 heavy (non-hydrogen) atoms. The van der Waals surface area contributed by atoms with Crippen LogP contribution in [0.25, 0.3) is 11.1 Å². The quantitative estimate of drug-likeness (QED) is 0.0128. The number of Topliss-reactive ketones (excluding diaryl/α,β-unsaturated/α-hetero) is 1. The summed E-state index contributed by atoms with van der Waals surface area (Å²) in [6.07, 6.45) is -11.7. The van der Waals surface area contributed by atoms with Gasteiger partial charge in [0.1, 0.15) is 108 Å². The Bertz CT molecular complexity index is 5180. The predicted octanol–water partition coefficient (Wildman–Crippen LogP) is -4.11. The molecule has 16 atom stereocenters. The van der Waals surface area contributed by atoms with E-state index in [1.807, 2.05) is 48.5 Å². The number of hydrogen-bond acceptors (Lipinski definition) is 30. The molecule has 0 saturated carbocycles. The smallest absolute Gasteiger partial charge is 0.407 e. The van der Waals surface area contributed by atoms with Crippen molar-refractivity contribution in [2.45, 2.75) is 215 Å². The summed E-state index contributed by atoms with van der Waals surface area (Å²) in [5.74, 6) is -20.2. The number of alkyl carbamates (subject to hydrolysis) is 1. The van der Waals surface area contributed by atoms with Gasteiger partial charge in [0.15, 0.2) is 17.9 Å². The van der Waals surface area contributed by atoms with E-state index in [4.69, 9.17) is 30.4 Å². The first-order valence-electron chi connectivity index (χ1n) is 42.9. The van der Waals surface area contributed by atoms with Gasteiger partial charge in [-0.15, -0.1) is 0 Å². The third-order valence-electron chi connectivity index (χ3n) is 23.0. The molecule has 3 aliphatic carbocycles. The van der Waals surface area contributed by atoms with Gasteiger partial charge in [-0.05, 0) is 105 Å². The minimum Gasteiger partial charge on any atom is -0.508 e. The SMILES string of the molecule is COc1cccc2c1C(=O)c1c(O)c3c(c(O)c1C2=O)C[C@@](O)(C(=O)CO)C[C@@H]3O[C@H]1C[C@H](NC(=O)[C@H](CC(C)C)NC(=O)[C@H](CO)NC(=O)[C@H](CO)NC(=O)[C@H](CCC(N)=O)NC(=O)[C@H](Cc2ccc(O)cc2)NC(=O)[C@H](CO)NC(=O)[C@H](C)NC(=O)[C@H](CCCCNC(=O)OCC2c3ccccc3-c3ccccc32)NC(=O)[C@H](CC(N)=O)NC(=O)[C@H](C)NC(C)=O)[C@H](O)[C@H](C)O1. The number of aliphatic hydroxyl groups excluding tert-OH is 5. The van der Waals surface area contributed by atoms with Crippen LogP contribution in [0.5, 0.6) is 23.0 Å². The number of ether oxygens (including phenoxy) is 4. The van der Waals surface area contributed by atoms with Gasteiger partial charge in [-0.2, -0.15) is 0 Å². The Hall–Kier alpha value is -13.6. The highest BCUT2D eigenvalue weighted by Gasteiger charge is 2.51. The largest absolute Gasteiger partial charge is 0.508 e. The highest BCUT2D eigenvalue weighted by molar-refractivity contribution is 6.31. The van der Waals surface area contributed by atoms with E-state index in [0.29, 0.717) is 0 Å². The lowest BCUT2D eigenvalue weighted by Crippen LogP contribution is -2.62. The van der Waals surface area contributed by atoms with Crippen LogP contribution in [0, 0.1) is 5.92 Å². The first kappa shape index (κ1) is 103. The van der Waals surface area contributed by atoms with Crippen molar-refractivity contribution >= 4 is 100 Å². The topological polar surface area (TPSA) is 706 Å². The van der Waals surface area contributed by atoms with E-state index in [1.165, 1.54) is 63.4 Å². The van der Waals surface area contributed by atoms with E-state index in [2.05, 4.69) is 63.8 Å². The van der Waals surface area contributed by atoms with Gasteiger partial charge in [-0.25, -0.2) is 4.79 Å². The number of fused-ring (bicyclic) bond motifs is 6. The van der Waals surface area contributed by atoms with Gasteiger partial charge in [0, 0.05) is 68.2 Å². The Labute approximate surface area is 761 Å². The molecule has 1 heterocycles. The van der Waals surface area contributed by atoms with E-state index < -0.39 is 302 Å². The number of aromatic hydroxyl groups is 3. The molecule has 5 aromatic rings. The van der Waals surface area contributed by atoms with Crippen LogP contribution in [0.4, 0.5) is 4.79 Å². The van der Waals surface area contributed by atoms with Gasteiger partial charge >= 0.3 is 6.09 Å². The number of benzene rings is 5. The number of rotatable bonds is 45. The fourth-order valence-electron chi connectivity index (χ4n) is 16.0. The summed E-state index contributed by atoms with van der Waals surface area (Å²) in [4.78, 5) is 232. The second-order valence-electron chi connectivity index (χ2n) is 33.2. The molecule has 1 saturated heterocycles. The first-order valence-corrected chi connectivity index (χ1v) is 42.9. The number of ketones is 3. The van der Waals surface area contributed by atoms with Crippen molar-refractivity contribution in [3.63, 3.8) is 0 Å². The lowest BCUT2D eigenvalue weighted by atomic mass is 9.72. The van der Waals surface area contributed by atoms with Gasteiger partial charge in [-0.1, -0.05) is 86.6 Å². The van der Waals surface area contributed by atoms with Crippen LogP contribution in [0.3, 0.4) is 0 Å². The van der Waals surface area contributed by atoms with Crippen LogP contribution in [0.1, 0.15) is 171 Å². The van der Waals surface area contributed by atoms with Gasteiger partial charge in [0.25, 0.3) is 0 Å². The van der Waals surface area contributed by atoms with Crippen LogP contribution >= 0.6 is 0 Å². The zero-order valence-electron chi connectivity index (χ0n) is 73.7. The molecule has 1 aliphatic heterocycles. The van der Waals surface area contributed by atoms with Crippen LogP contribution in [-0.2, 0) is 94.2 Å². The van der Waals surface area contributed by atoms with Gasteiger partial charge in [0.05, 0.1) is 68.3 Å². The highest BCUT2D eigenvalue weighted by Crippen LogP contribution is 2.53. The Balaban J connectivity index is 0.836. The number of phenolic OH excluding ortho intramolecular Hbond substituents is 3. The number of carbonyl (C=O) groups excluding carboxylic acids is 17. The molecule has 718 valence electrons. The summed E-state index contributed by atoms with van der Waals surface area (Å²) >= 11 is 0. The summed E-state index contributed by atoms with van der Waals surface area (Å²) in [5.41, 5.74) is 9.99. The van der Waals surface area contributed by atoms with Crippen molar-refractivity contribution in [1.82, 2.24) is 63.8 Å². The Morgan fingerprint density at radius 3 is 1.61 bits per heavy atom. The molecule has 5 aromatic carbocycles. The second kappa shape index (κ2) is 46.4. The Kier molecular flexibility index (Phi) is 36.0. The average Bonchev–Trinajstić information content (AvgIpc) is 1.36. The molecular weight excluding hydrogens is 1750 g/mol. The molecule has 0 radical (unpaired) electrons. The zero-order chi connectivity index (χ0) is 97.7.